The van der Waals surface area contributed by atoms with E-state index in [0.717, 1.165) is 10.7 Å². The molecule has 11 heteroatoms. The van der Waals surface area contributed by atoms with E-state index in [2.05, 4.69) is 15.5 Å². The van der Waals surface area contributed by atoms with Gasteiger partial charge in [0, 0.05) is 17.1 Å². The zero-order valence-corrected chi connectivity index (χ0v) is 19.5. The number of sulfonamides is 1. The van der Waals surface area contributed by atoms with Crippen molar-refractivity contribution in [3.8, 4) is 17.2 Å². The third kappa shape index (κ3) is 5.18. The predicted molar refractivity (Wildman–Crippen MR) is 121 cm³/mol. The predicted octanol–water partition coefficient (Wildman–Crippen LogP) is 3.26. The molecule has 0 bridgehead atoms. The van der Waals surface area contributed by atoms with Gasteiger partial charge in [0.1, 0.15) is 11.8 Å². The number of halogens is 1. The van der Waals surface area contributed by atoms with E-state index in [1.54, 1.807) is 31.4 Å². The monoisotopic (exact) mass is 490 g/mol. The van der Waals surface area contributed by atoms with E-state index in [0.29, 0.717) is 35.7 Å². The molecule has 1 atom stereocenters. The van der Waals surface area contributed by atoms with Gasteiger partial charge in [0.2, 0.25) is 27.7 Å². The largest absolute Gasteiger partial charge is 0.497 e. The molecule has 1 amide bonds. The molecule has 1 aliphatic rings. The minimum absolute atomic E-state index is 0.0267. The van der Waals surface area contributed by atoms with E-state index in [1.165, 1.54) is 24.3 Å². The lowest BCUT2D eigenvalue weighted by Gasteiger charge is -2.27. The first kappa shape index (κ1) is 23.2. The van der Waals surface area contributed by atoms with Gasteiger partial charge in [-0.15, -0.1) is 10.2 Å². The zero-order valence-electron chi connectivity index (χ0n) is 17.9. The number of hydrogen-bond acceptors (Lipinski definition) is 7. The molecular formula is C22H23ClN4O5S. The minimum atomic E-state index is -4.06. The average molecular weight is 491 g/mol. The molecule has 1 fully saturated rings. The number of carbonyl (C=O) groups excluding carboxylic acids is 1. The highest BCUT2D eigenvalue weighted by Gasteiger charge is 2.37. The quantitative estimate of drug-likeness (QED) is 0.540. The Bertz CT molecular complexity index is 1210. The second-order valence-electron chi connectivity index (χ2n) is 7.54. The Morgan fingerprint density at radius 1 is 1.12 bits per heavy atom. The van der Waals surface area contributed by atoms with Crippen LogP contribution in [0.25, 0.3) is 11.5 Å². The second kappa shape index (κ2) is 9.90. The fraction of sp³-hybridized carbons (Fsp3) is 0.318. The highest BCUT2D eigenvalue weighted by Crippen LogP contribution is 2.27. The Morgan fingerprint density at radius 2 is 1.85 bits per heavy atom. The molecule has 0 aliphatic carbocycles. The SMILES string of the molecule is COc1ccc(-c2nnc(CN([C@@H]3CCCCNC3=O)S(=O)(=O)c3ccc(Cl)cc3)o2)cc1. The van der Waals surface area contributed by atoms with Crippen molar-refractivity contribution in [2.24, 2.45) is 0 Å². The van der Waals surface area contributed by atoms with E-state index in [1.807, 2.05) is 0 Å². The third-order valence-electron chi connectivity index (χ3n) is 5.37. The molecule has 9 nitrogen and oxygen atoms in total. The van der Waals surface area contributed by atoms with Gasteiger partial charge in [0.15, 0.2) is 0 Å². The Balaban J connectivity index is 1.67. The molecule has 0 saturated carbocycles. The smallest absolute Gasteiger partial charge is 0.247 e. The molecule has 1 saturated heterocycles. The van der Waals surface area contributed by atoms with Gasteiger partial charge in [0.25, 0.3) is 0 Å². The molecule has 0 radical (unpaired) electrons. The van der Waals surface area contributed by atoms with Gasteiger partial charge in [0.05, 0.1) is 18.6 Å². The molecule has 174 valence electrons. The van der Waals surface area contributed by atoms with Crippen LogP contribution in [0.3, 0.4) is 0 Å². The van der Waals surface area contributed by atoms with Crippen LogP contribution in [0.1, 0.15) is 25.2 Å². The maximum absolute atomic E-state index is 13.6. The summed E-state index contributed by atoms with van der Waals surface area (Å²) in [5.41, 5.74) is 0.661. The number of carbonyl (C=O) groups is 1. The molecular weight excluding hydrogens is 468 g/mol. The number of hydrogen-bond donors (Lipinski definition) is 1. The Hall–Kier alpha value is -2.95. The molecule has 0 spiro atoms. The molecule has 0 unspecified atom stereocenters. The summed E-state index contributed by atoms with van der Waals surface area (Å²) in [6.45, 7) is 0.262. The van der Waals surface area contributed by atoms with Crippen molar-refractivity contribution in [3.63, 3.8) is 0 Å². The maximum atomic E-state index is 13.6. The number of nitrogens with one attached hydrogen (secondary N) is 1. The van der Waals surface area contributed by atoms with Crippen LogP contribution in [0.2, 0.25) is 5.02 Å². The van der Waals surface area contributed by atoms with Crippen LogP contribution in [-0.2, 0) is 21.4 Å². The van der Waals surface area contributed by atoms with Gasteiger partial charge in [-0.05, 0) is 67.8 Å². The number of benzene rings is 2. The van der Waals surface area contributed by atoms with Gasteiger partial charge in [-0.2, -0.15) is 4.31 Å². The first-order chi connectivity index (χ1) is 15.9. The standard InChI is InChI=1S/C22H23ClN4O5S/c1-31-17-9-5-15(6-10-17)22-26-25-20(32-22)14-27(19-4-2-3-13-24-21(19)28)33(29,30)18-11-7-16(23)8-12-18/h5-12,19H,2-4,13-14H2,1H3,(H,24,28)/t19-/m1/s1. The molecule has 3 aromatic rings. The summed E-state index contributed by atoms with van der Waals surface area (Å²) >= 11 is 5.93. The molecule has 4 rings (SSSR count). The van der Waals surface area contributed by atoms with E-state index in [9.17, 15) is 13.2 Å². The lowest BCUT2D eigenvalue weighted by molar-refractivity contribution is -0.124. The first-order valence-corrected chi connectivity index (χ1v) is 12.2. The van der Waals surface area contributed by atoms with E-state index in [-0.39, 0.29) is 29.1 Å². The summed E-state index contributed by atoms with van der Waals surface area (Å²) in [6, 6.07) is 11.9. The first-order valence-electron chi connectivity index (χ1n) is 10.4. The highest BCUT2D eigenvalue weighted by molar-refractivity contribution is 7.89. The van der Waals surface area contributed by atoms with E-state index in [4.69, 9.17) is 20.8 Å². The molecule has 2 aromatic carbocycles. The van der Waals surface area contributed by atoms with Crippen LogP contribution in [0.5, 0.6) is 5.75 Å². The van der Waals surface area contributed by atoms with Crippen LogP contribution in [0.4, 0.5) is 0 Å². The van der Waals surface area contributed by atoms with Crippen molar-refractivity contribution < 1.29 is 22.4 Å². The van der Waals surface area contributed by atoms with Crippen molar-refractivity contribution >= 4 is 27.5 Å². The van der Waals surface area contributed by atoms with Gasteiger partial charge < -0.3 is 14.5 Å². The number of methoxy groups -OCH3 is 1. The summed E-state index contributed by atoms with van der Waals surface area (Å²) in [4.78, 5) is 12.8. The molecule has 2 heterocycles. The number of aromatic nitrogens is 2. The van der Waals surface area contributed by atoms with Crippen molar-refractivity contribution in [2.75, 3.05) is 13.7 Å². The van der Waals surface area contributed by atoms with Crippen LogP contribution >= 0.6 is 11.6 Å². The topological polar surface area (TPSA) is 115 Å². The normalized spacial score (nSPS) is 16.9. The summed E-state index contributed by atoms with van der Waals surface area (Å²) in [5, 5.41) is 11.3. The summed E-state index contributed by atoms with van der Waals surface area (Å²) in [5.74, 6) is 0.648. The number of nitrogens with zero attached hydrogens (tertiary/aromatic N) is 3. The molecule has 33 heavy (non-hydrogen) atoms. The Labute approximate surface area is 196 Å². The Kier molecular flexibility index (Phi) is 6.96. The molecule has 1 aliphatic heterocycles. The number of rotatable bonds is 7. The van der Waals surface area contributed by atoms with Crippen LogP contribution in [-0.4, -0.2) is 48.5 Å². The zero-order chi connectivity index (χ0) is 23.4. The van der Waals surface area contributed by atoms with Gasteiger partial charge in [-0.3, -0.25) is 4.79 Å². The average Bonchev–Trinajstić information content (AvgIpc) is 3.19. The van der Waals surface area contributed by atoms with Crippen molar-refractivity contribution in [1.29, 1.82) is 0 Å². The summed E-state index contributed by atoms with van der Waals surface area (Å²) < 4.78 is 39.1. The van der Waals surface area contributed by atoms with Crippen molar-refractivity contribution in [2.45, 2.75) is 36.7 Å². The summed E-state index contributed by atoms with van der Waals surface area (Å²) in [6.07, 6.45) is 1.87. The van der Waals surface area contributed by atoms with Crippen molar-refractivity contribution in [3.05, 3.63) is 59.4 Å². The van der Waals surface area contributed by atoms with Gasteiger partial charge >= 0.3 is 0 Å². The van der Waals surface area contributed by atoms with Crippen LogP contribution in [0.15, 0.2) is 57.8 Å². The molecule has 1 aromatic heterocycles. The van der Waals surface area contributed by atoms with E-state index < -0.39 is 16.1 Å². The number of amides is 1. The van der Waals surface area contributed by atoms with Crippen LogP contribution < -0.4 is 10.1 Å². The minimum Gasteiger partial charge on any atom is -0.497 e. The fourth-order valence-electron chi connectivity index (χ4n) is 3.60. The summed E-state index contributed by atoms with van der Waals surface area (Å²) in [7, 11) is -2.49. The molecule has 1 N–H and O–H groups in total. The highest BCUT2D eigenvalue weighted by atomic mass is 35.5. The fourth-order valence-corrected chi connectivity index (χ4v) is 5.30. The maximum Gasteiger partial charge on any atom is 0.247 e. The van der Waals surface area contributed by atoms with E-state index >= 15 is 0 Å². The lowest BCUT2D eigenvalue weighted by atomic mass is 10.1. The van der Waals surface area contributed by atoms with Crippen molar-refractivity contribution in [1.82, 2.24) is 19.8 Å². The van der Waals surface area contributed by atoms with Gasteiger partial charge in [-0.1, -0.05) is 11.6 Å². The lowest BCUT2D eigenvalue weighted by Crippen LogP contribution is -2.48. The second-order valence-corrected chi connectivity index (χ2v) is 9.86. The third-order valence-corrected chi connectivity index (χ3v) is 7.49. The van der Waals surface area contributed by atoms with Gasteiger partial charge in [-0.25, -0.2) is 8.42 Å². The van der Waals surface area contributed by atoms with Crippen LogP contribution in [0, 0.1) is 0 Å². The number of ether oxygens (including phenoxy) is 1. The Morgan fingerprint density at radius 3 is 2.55 bits per heavy atom.